The quantitative estimate of drug-likeness (QED) is 0.777. The summed E-state index contributed by atoms with van der Waals surface area (Å²) >= 11 is 0. The Balaban J connectivity index is 1.67. The fourth-order valence-electron chi connectivity index (χ4n) is 2.58. The van der Waals surface area contributed by atoms with E-state index in [0.717, 1.165) is 5.56 Å². The third-order valence-corrected chi connectivity index (χ3v) is 4.96. The van der Waals surface area contributed by atoms with Crippen molar-refractivity contribution in [1.82, 2.24) is 14.9 Å². The van der Waals surface area contributed by atoms with E-state index >= 15 is 0 Å². The molecule has 2 aromatic rings. The van der Waals surface area contributed by atoms with Crippen molar-refractivity contribution in [2.24, 2.45) is 4.40 Å². The number of hydrogen-bond acceptors (Lipinski definition) is 7. The van der Waals surface area contributed by atoms with E-state index in [1.807, 2.05) is 30.3 Å². The molecule has 0 saturated heterocycles. The summed E-state index contributed by atoms with van der Waals surface area (Å²) in [5.74, 6) is 0.00585. The minimum atomic E-state index is -3.74. The van der Waals surface area contributed by atoms with Crippen LogP contribution in [0.15, 0.2) is 50.5 Å². The van der Waals surface area contributed by atoms with Gasteiger partial charge in [-0.05, 0) is 20.8 Å². The fraction of sp³-hybridized carbons (Fsp3) is 0.294. The molecule has 0 radical (unpaired) electrons. The predicted octanol–water partition coefficient (Wildman–Crippen LogP) is 2.31. The average Bonchev–Trinajstić information content (AvgIpc) is 3.08. The van der Waals surface area contributed by atoms with Gasteiger partial charge in [-0.1, -0.05) is 35.5 Å². The molecule has 27 heavy (non-hydrogen) atoms. The van der Waals surface area contributed by atoms with Crippen molar-refractivity contribution in [3.8, 4) is 11.4 Å². The standard InChI is InChI=1S/C17H18N4O5S/c1-10-14(11(2)21-27(23,24)20-10)9-15(22)25-12(3)17-18-16(19-26-17)13-7-5-4-6-8-13/h4-8,12,20H,9H2,1-3H3/t12-/m0/s1. The maximum absolute atomic E-state index is 12.2. The van der Waals surface area contributed by atoms with Gasteiger partial charge in [0.25, 0.3) is 5.89 Å². The number of ether oxygens (including phenoxy) is 1. The van der Waals surface area contributed by atoms with Crippen molar-refractivity contribution in [3.63, 3.8) is 0 Å². The Hall–Kier alpha value is -3.01. The highest BCUT2D eigenvalue weighted by atomic mass is 32.2. The van der Waals surface area contributed by atoms with Crippen molar-refractivity contribution < 1.29 is 22.5 Å². The van der Waals surface area contributed by atoms with Crippen molar-refractivity contribution in [2.75, 3.05) is 0 Å². The number of allylic oxidation sites excluding steroid dienone is 1. The maximum Gasteiger partial charge on any atom is 0.342 e. The maximum atomic E-state index is 12.2. The number of carbonyl (C=O) groups is 1. The number of hydrogen-bond donors (Lipinski definition) is 1. The number of rotatable bonds is 5. The second-order valence-electron chi connectivity index (χ2n) is 5.99. The van der Waals surface area contributed by atoms with Gasteiger partial charge < -0.3 is 9.26 Å². The molecular formula is C17H18N4O5S. The number of aromatic nitrogens is 2. The van der Waals surface area contributed by atoms with Crippen molar-refractivity contribution in [3.05, 3.63) is 47.5 Å². The Labute approximate surface area is 156 Å². The van der Waals surface area contributed by atoms with Gasteiger partial charge in [-0.15, -0.1) is 4.40 Å². The van der Waals surface area contributed by atoms with Crippen LogP contribution in [0.2, 0.25) is 0 Å². The van der Waals surface area contributed by atoms with Crippen molar-refractivity contribution in [2.45, 2.75) is 33.3 Å². The molecule has 3 rings (SSSR count). The monoisotopic (exact) mass is 390 g/mol. The second kappa shape index (κ2) is 7.31. The summed E-state index contributed by atoms with van der Waals surface area (Å²) in [7, 11) is -3.74. The highest BCUT2D eigenvalue weighted by Crippen LogP contribution is 2.22. The Morgan fingerprint density at radius 3 is 2.63 bits per heavy atom. The molecule has 10 heteroatoms. The van der Waals surface area contributed by atoms with Gasteiger partial charge in [0, 0.05) is 16.8 Å². The zero-order valence-corrected chi connectivity index (χ0v) is 15.8. The van der Waals surface area contributed by atoms with E-state index in [4.69, 9.17) is 9.26 Å². The van der Waals surface area contributed by atoms with E-state index in [1.54, 1.807) is 13.8 Å². The Morgan fingerprint density at radius 1 is 1.26 bits per heavy atom. The summed E-state index contributed by atoms with van der Waals surface area (Å²) < 4.78 is 39.3. The molecule has 2 heterocycles. The van der Waals surface area contributed by atoms with Gasteiger partial charge in [-0.2, -0.15) is 13.4 Å². The van der Waals surface area contributed by atoms with E-state index in [0.29, 0.717) is 17.1 Å². The van der Waals surface area contributed by atoms with Crippen LogP contribution in [0.1, 0.15) is 39.2 Å². The van der Waals surface area contributed by atoms with Crippen LogP contribution in [0, 0.1) is 0 Å². The predicted molar refractivity (Wildman–Crippen MR) is 96.7 cm³/mol. The minimum Gasteiger partial charge on any atom is -0.452 e. The normalized spacial score (nSPS) is 17.1. The molecular weight excluding hydrogens is 372 g/mol. The van der Waals surface area contributed by atoms with Crippen LogP contribution in [0.4, 0.5) is 0 Å². The summed E-state index contributed by atoms with van der Waals surface area (Å²) in [5, 5.41) is 3.89. The lowest BCUT2D eigenvalue weighted by molar-refractivity contribution is -0.148. The largest absolute Gasteiger partial charge is 0.452 e. The van der Waals surface area contributed by atoms with E-state index in [1.165, 1.54) is 6.92 Å². The molecule has 0 fully saturated rings. The second-order valence-corrected chi connectivity index (χ2v) is 7.33. The molecule has 142 valence electrons. The van der Waals surface area contributed by atoms with Gasteiger partial charge in [0.1, 0.15) is 0 Å². The minimum absolute atomic E-state index is 0.131. The lowest BCUT2D eigenvalue weighted by atomic mass is 10.1. The Kier molecular flexibility index (Phi) is 5.08. The first kappa shape index (κ1) is 18.8. The van der Waals surface area contributed by atoms with E-state index < -0.39 is 22.3 Å². The topological polar surface area (TPSA) is 124 Å². The van der Waals surface area contributed by atoms with Crippen LogP contribution in [0.5, 0.6) is 0 Å². The lowest BCUT2D eigenvalue weighted by Gasteiger charge is -2.18. The molecule has 1 aromatic heterocycles. The molecule has 1 aromatic carbocycles. The zero-order valence-electron chi connectivity index (χ0n) is 15.0. The average molecular weight is 390 g/mol. The number of nitrogens with zero attached hydrogens (tertiary/aromatic N) is 3. The van der Waals surface area contributed by atoms with Crippen LogP contribution in [-0.2, 0) is 19.7 Å². The molecule has 0 amide bonds. The van der Waals surface area contributed by atoms with Gasteiger partial charge in [0.2, 0.25) is 5.82 Å². The van der Waals surface area contributed by atoms with E-state index in [9.17, 15) is 13.2 Å². The van der Waals surface area contributed by atoms with Crippen LogP contribution in [-0.4, -0.2) is 30.2 Å². The Morgan fingerprint density at radius 2 is 1.96 bits per heavy atom. The summed E-state index contributed by atoms with van der Waals surface area (Å²) in [6.45, 7) is 4.70. The highest BCUT2D eigenvalue weighted by Gasteiger charge is 2.25. The third-order valence-electron chi connectivity index (χ3n) is 3.88. The van der Waals surface area contributed by atoms with Crippen LogP contribution in [0.25, 0.3) is 11.4 Å². The van der Waals surface area contributed by atoms with Crippen LogP contribution in [0.3, 0.4) is 0 Å². The lowest BCUT2D eigenvalue weighted by Crippen LogP contribution is -2.29. The van der Waals surface area contributed by atoms with Gasteiger partial charge in [0.15, 0.2) is 6.10 Å². The number of nitrogens with one attached hydrogen (secondary N) is 1. The first-order chi connectivity index (χ1) is 12.7. The van der Waals surface area contributed by atoms with Crippen molar-refractivity contribution in [1.29, 1.82) is 0 Å². The summed E-state index contributed by atoms with van der Waals surface area (Å²) in [4.78, 5) is 16.5. The molecule has 1 atom stereocenters. The molecule has 0 aliphatic carbocycles. The fourth-order valence-corrected chi connectivity index (χ4v) is 3.61. The van der Waals surface area contributed by atoms with E-state index in [-0.39, 0.29) is 18.0 Å². The molecule has 9 nitrogen and oxygen atoms in total. The van der Waals surface area contributed by atoms with Crippen LogP contribution >= 0.6 is 0 Å². The van der Waals surface area contributed by atoms with Gasteiger partial charge in [-0.3, -0.25) is 9.52 Å². The number of benzene rings is 1. The molecule has 1 N–H and O–H groups in total. The summed E-state index contributed by atoms with van der Waals surface area (Å²) in [6, 6.07) is 9.27. The number of carbonyl (C=O) groups excluding carboxylic acids is 1. The summed E-state index contributed by atoms with van der Waals surface area (Å²) in [6.07, 6.45) is -0.880. The molecule has 1 aliphatic heterocycles. The molecule has 0 unspecified atom stereocenters. The smallest absolute Gasteiger partial charge is 0.342 e. The van der Waals surface area contributed by atoms with Gasteiger partial charge in [-0.25, -0.2) is 0 Å². The zero-order chi connectivity index (χ0) is 19.6. The number of esters is 1. The first-order valence-corrected chi connectivity index (χ1v) is 9.57. The molecule has 0 bridgehead atoms. The van der Waals surface area contributed by atoms with Gasteiger partial charge in [0.05, 0.1) is 12.1 Å². The third kappa shape index (κ3) is 4.40. The van der Waals surface area contributed by atoms with Crippen molar-refractivity contribution >= 4 is 21.9 Å². The first-order valence-electron chi connectivity index (χ1n) is 8.13. The van der Waals surface area contributed by atoms with Crippen LogP contribution < -0.4 is 4.72 Å². The Bertz CT molecular complexity index is 1020. The molecule has 1 aliphatic rings. The summed E-state index contributed by atoms with van der Waals surface area (Å²) in [5.41, 5.74) is 1.85. The van der Waals surface area contributed by atoms with E-state index in [2.05, 4.69) is 19.3 Å². The van der Waals surface area contributed by atoms with Gasteiger partial charge >= 0.3 is 16.2 Å². The molecule has 0 spiro atoms. The molecule has 0 saturated carbocycles. The SMILES string of the molecule is CC1=NS(=O)(=O)NC(C)=C1CC(=O)O[C@@H](C)c1nc(-c2ccccc2)no1. The highest BCUT2D eigenvalue weighted by molar-refractivity contribution is 7.88.